The minimum Gasteiger partial charge on any atom is -0.357 e. The van der Waals surface area contributed by atoms with Gasteiger partial charge in [0.1, 0.15) is 6.54 Å². The Kier molecular flexibility index (Phi) is 6.51. The SMILES string of the molecule is C#CCNC(=NCC(=O)Nc1cccnc1)NCC. The van der Waals surface area contributed by atoms with E-state index in [0.29, 0.717) is 24.7 Å². The number of rotatable bonds is 5. The van der Waals surface area contributed by atoms with Gasteiger partial charge < -0.3 is 16.0 Å². The Morgan fingerprint density at radius 1 is 1.53 bits per heavy atom. The summed E-state index contributed by atoms with van der Waals surface area (Å²) in [5, 5.41) is 8.58. The molecular weight excluding hydrogens is 242 g/mol. The molecule has 6 heteroatoms. The van der Waals surface area contributed by atoms with Crippen LogP contribution in [0.1, 0.15) is 6.92 Å². The fraction of sp³-hybridized carbons (Fsp3) is 0.308. The lowest BCUT2D eigenvalue weighted by molar-refractivity contribution is -0.114. The van der Waals surface area contributed by atoms with E-state index in [1.807, 2.05) is 6.92 Å². The molecule has 100 valence electrons. The molecule has 19 heavy (non-hydrogen) atoms. The molecule has 1 aromatic rings. The maximum absolute atomic E-state index is 11.7. The van der Waals surface area contributed by atoms with Gasteiger partial charge in [0.2, 0.25) is 5.91 Å². The summed E-state index contributed by atoms with van der Waals surface area (Å²) in [6.45, 7) is 2.99. The van der Waals surface area contributed by atoms with Crippen LogP contribution in [0.15, 0.2) is 29.5 Å². The van der Waals surface area contributed by atoms with Crippen molar-refractivity contribution in [3.8, 4) is 12.3 Å². The number of aromatic nitrogens is 1. The summed E-state index contributed by atoms with van der Waals surface area (Å²) in [5.41, 5.74) is 0.643. The van der Waals surface area contributed by atoms with E-state index in [0.717, 1.165) is 0 Å². The highest BCUT2D eigenvalue weighted by atomic mass is 16.1. The Morgan fingerprint density at radius 3 is 3.00 bits per heavy atom. The van der Waals surface area contributed by atoms with Crippen molar-refractivity contribution in [3.63, 3.8) is 0 Å². The molecule has 1 aromatic heterocycles. The molecule has 0 saturated heterocycles. The Hall–Kier alpha value is -2.55. The predicted octanol–water partition coefficient (Wildman–Crippen LogP) is 0.208. The fourth-order valence-corrected chi connectivity index (χ4v) is 1.26. The number of guanidine groups is 1. The van der Waals surface area contributed by atoms with Crippen molar-refractivity contribution in [1.29, 1.82) is 0 Å². The first-order valence-electron chi connectivity index (χ1n) is 5.91. The van der Waals surface area contributed by atoms with Gasteiger partial charge in [0.05, 0.1) is 18.4 Å². The van der Waals surface area contributed by atoms with Crippen LogP contribution in [0.5, 0.6) is 0 Å². The number of terminal acetylenes is 1. The third-order valence-electron chi connectivity index (χ3n) is 2.03. The van der Waals surface area contributed by atoms with Crippen LogP contribution in [-0.2, 0) is 4.79 Å². The number of aliphatic imine (C=N–C) groups is 1. The van der Waals surface area contributed by atoms with Crippen LogP contribution in [0, 0.1) is 12.3 Å². The van der Waals surface area contributed by atoms with Gasteiger partial charge in [-0.05, 0) is 19.1 Å². The van der Waals surface area contributed by atoms with E-state index >= 15 is 0 Å². The van der Waals surface area contributed by atoms with Gasteiger partial charge in [0.25, 0.3) is 0 Å². The molecule has 0 aliphatic rings. The standard InChI is InChI=1S/C13H17N5O/c1-3-7-16-13(15-4-2)17-10-12(19)18-11-6-5-8-14-9-11/h1,5-6,8-9H,4,7,10H2,2H3,(H,18,19)(H2,15,16,17). The van der Waals surface area contributed by atoms with Gasteiger partial charge in [-0.15, -0.1) is 6.42 Å². The van der Waals surface area contributed by atoms with Crippen LogP contribution in [-0.4, -0.2) is 36.5 Å². The Balaban J connectivity index is 2.48. The van der Waals surface area contributed by atoms with Crippen LogP contribution >= 0.6 is 0 Å². The second-order valence-electron chi connectivity index (χ2n) is 3.54. The lowest BCUT2D eigenvalue weighted by Gasteiger charge is -2.08. The van der Waals surface area contributed by atoms with Crippen molar-refractivity contribution in [2.45, 2.75) is 6.92 Å². The van der Waals surface area contributed by atoms with Gasteiger partial charge in [-0.3, -0.25) is 9.78 Å². The van der Waals surface area contributed by atoms with Gasteiger partial charge in [-0.2, -0.15) is 0 Å². The number of anilines is 1. The van der Waals surface area contributed by atoms with Crippen LogP contribution in [0.4, 0.5) is 5.69 Å². The lowest BCUT2D eigenvalue weighted by Crippen LogP contribution is -2.38. The van der Waals surface area contributed by atoms with Crippen LogP contribution < -0.4 is 16.0 Å². The molecule has 0 saturated carbocycles. The molecule has 3 N–H and O–H groups in total. The van der Waals surface area contributed by atoms with Crippen molar-refractivity contribution in [2.24, 2.45) is 4.99 Å². The number of carbonyl (C=O) groups excluding carboxylic acids is 1. The molecule has 0 bridgehead atoms. The fourth-order valence-electron chi connectivity index (χ4n) is 1.26. The average Bonchev–Trinajstić information content (AvgIpc) is 2.43. The number of nitrogens with zero attached hydrogens (tertiary/aromatic N) is 2. The van der Waals surface area contributed by atoms with E-state index < -0.39 is 0 Å². The predicted molar refractivity (Wildman–Crippen MR) is 75.7 cm³/mol. The van der Waals surface area contributed by atoms with E-state index in [-0.39, 0.29) is 12.5 Å². The number of hydrogen-bond donors (Lipinski definition) is 3. The van der Waals surface area contributed by atoms with E-state index in [1.54, 1.807) is 24.5 Å². The first kappa shape index (κ1) is 14.5. The first-order chi connectivity index (χ1) is 9.26. The Labute approximate surface area is 112 Å². The molecule has 1 rings (SSSR count). The van der Waals surface area contributed by atoms with Crippen molar-refractivity contribution >= 4 is 17.6 Å². The summed E-state index contributed by atoms with van der Waals surface area (Å²) in [4.78, 5) is 19.7. The summed E-state index contributed by atoms with van der Waals surface area (Å²) < 4.78 is 0. The van der Waals surface area contributed by atoms with E-state index in [4.69, 9.17) is 6.42 Å². The molecule has 1 amide bonds. The van der Waals surface area contributed by atoms with Crippen molar-refractivity contribution in [3.05, 3.63) is 24.5 Å². The minimum absolute atomic E-state index is 0.00873. The summed E-state index contributed by atoms with van der Waals surface area (Å²) in [7, 11) is 0. The van der Waals surface area contributed by atoms with E-state index in [9.17, 15) is 4.79 Å². The lowest BCUT2D eigenvalue weighted by atomic mass is 10.4. The van der Waals surface area contributed by atoms with E-state index in [2.05, 4.69) is 31.8 Å². The summed E-state index contributed by atoms with van der Waals surface area (Å²) in [6.07, 6.45) is 8.36. The largest absolute Gasteiger partial charge is 0.357 e. The molecule has 0 aromatic carbocycles. The smallest absolute Gasteiger partial charge is 0.246 e. The first-order valence-corrected chi connectivity index (χ1v) is 5.91. The highest BCUT2D eigenvalue weighted by Gasteiger charge is 2.02. The molecule has 1 heterocycles. The molecule has 0 radical (unpaired) electrons. The normalized spacial score (nSPS) is 10.4. The average molecular weight is 259 g/mol. The second-order valence-corrected chi connectivity index (χ2v) is 3.54. The number of hydrogen-bond acceptors (Lipinski definition) is 3. The van der Waals surface area contributed by atoms with E-state index in [1.165, 1.54) is 0 Å². The third kappa shape index (κ3) is 6.07. The molecule has 0 spiro atoms. The Bertz CT molecular complexity index is 464. The van der Waals surface area contributed by atoms with Crippen LogP contribution in [0.3, 0.4) is 0 Å². The molecule has 6 nitrogen and oxygen atoms in total. The number of carbonyl (C=O) groups is 1. The maximum atomic E-state index is 11.7. The number of pyridine rings is 1. The third-order valence-corrected chi connectivity index (χ3v) is 2.03. The summed E-state index contributed by atoms with van der Waals surface area (Å²) in [6, 6.07) is 3.51. The molecule has 0 fully saturated rings. The topological polar surface area (TPSA) is 78.4 Å². The van der Waals surface area contributed by atoms with Gasteiger partial charge in [-0.1, -0.05) is 5.92 Å². The summed E-state index contributed by atoms with van der Waals surface area (Å²) in [5.74, 6) is 2.74. The van der Waals surface area contributed by atoms with Crippen LogP contribution in [0.25, 0.3) is 0 Å². The Morgan fingerprint density at radius 2 is 2.37 bits per heavy atom. The molecule has 0 unspecified atom stereocenters. The summed E-state index contributed by atoms with van der Waals surface area (Å²) >= 11 is 0. The van der Waals surface area contributed by atoms with Crippen LogP contribution in [0.2, 0.25) is 0 Å². The zero-order chi connectivity index (χ0) is 13.9. The molecule has 0 aliphatic carbocycles. The van der Waals surface area contributed by atoms with Crippen molar-refractivity contribution < 1.29 is 4.79 Å². The zero-order valence-corrected chi connectivity index (χ0v) is 10.8. The van der Waals surface area contributed by atoms with Gasteiger partial charge in [0.15, 0.2) is 5.96 Å². The van der Waals surface area contributed by atoms with Gasteiger partial charge >= 0.3 is 0 Å². The van der Waals surface area contributed by atoms with Gasteiger partial charge in [0, 0.05) is 12.7 Å². The van der Waals surface area contributed by atoms with Gasteiger partial charge in [-0.25, -0.2) is 4.99 Å². The number of nitrogens with one attached hydrogen (secondary N) is 3. The highest BCUT2D eigenvalue weighted by Crippen LogP contribution is 2.01. The quantitative estimate of drug-likeness (QED) is 0.401. The zero-order valence-electron chi connectivity index (χ0n) is 10.8. The molecule has 0 atom stereocenters. The highest BCUT2D eigenvalue weighted by molar-refractivity contribution is 5.93. The molecular formula is C13H17N5O. The second kappa shape index (κ2) is 8.53. The minimum atomic E-state index is -0.217. The van der Waals surface area contributed by atoms with Crippen molar-refractivity contribution in [1.82, 2.24) is 15.6 Å². The number of amides is 1. The van der Waals surface area contributed by atoms with Crippen molar-refractivity contribution in [2.75, 3.05) is 25.0 Å². The molecule has 0 aliphatic heterocycles. The monoisotopic (exact) mass is 259 g/mol. The maximum Gasteiger partial charge on any atom is 0.246 e.